The van der Waals surface area contributed by atoms with Gasteiger partial charge in [0.1, 0.15) is 11.0 Å². The van der Waals surface area contributed by atoms with Crippen LogP contribution in [0.4, 0.5) is 5.82 Å². The van der Waals surface area contributed by atoms with E-state index in [9.17, 15) is 0 Å². The van der Waals surface area contributed by atoms with Crippen LogP contribution in [0.2, 0.25) is 5.15 Å². The monoisotopic (exact) mass is 321 g/mol. The number of ether oxygens (including phenoxy) is 1. The standard InChI is InChI=1S/C15H16ClN3OS/c1-21-12-13(16)17-14(11-5-3-2-4-6-11)18-15(12)19-7-9-20-10-8-19/h2-6H,7-10H2,1H3. The summed E-state index contributed by atoms with van der Waals surface area (Å²) >= 11 is 7.95. The summed E-state index contributed by atoms with van der Waals surface area (Å²) in [7, 11) is 0. The number of halogens is 1. The molecule has 1 saturated heterocycles. The molecule has 0 amide bonds. The van der Waals surface area contributed by atoms with E-state index in [4.69, 9.17) is 21.3 Å². The van der Waals surface area contributed by atoms with E-state index < -0.39 is 0 Å². The van der Waals surface area contributed by atoms with E-state index in [1.54, 1.807) is 11.8 Å². The number of hydrogen-bond donors (Lipinski definition) is 0. The van der Waals surface area contributed by atoms with Crippen LogP contribution < -0.4 is 4.90 Å². The van der Waals surface area contributed by atoms with E-state index in [0.717, 1.165) is 42.6 Å². The quantitative estimate of drug-likeness (QED) is 0.640. The van der Waals surface area contributed by atoms with Crippen molar-refractivity contribution in [1.29, 1.82) is 0 Å². The van der Waals surface area contributed by atoms with Crippen molar-refractivity contribution in [2.45, 2.75) is 4.90 Å². The van der Waals surface area contributed by atoms with Crippen LogP contribution in [-0.4, -0.2) is 42.5 Å². The van der Waals surface area contributed by atoms with Gasteiger partial charge in [-0.25, -0.2) is 9.97 Å². The minimum absolute atomic E-state index is 0.512. The summed E-state index contributed by atoms with van der Waals surface area (Å²) in [6.45, 7) is 3.09. The second-order valence-corrected chi connectivity index (χ2v) is 5.83. The Hall–Kier alpha value is -1.30. The first-order valence-corrected chi connectivity index (χ1v) is 8.39. The van der Waals surface area contributed by atoms with Crippen molar-refractivity contribution in [3.05, 3.63) is 35.5 Å². The van der Waals surface area contributed by atoms with Gasteiger partial charge in [-0.05, 0) is 6.26 Å². The molecule has 0 radical (unpaired) electrons. The first kappa shape index (κ1) is 14.6. The molecule has 4 nitrogen and oxygen atoms in total. The maximum absolute atomic E-state index is 6.37. The Kier molecular flexibility index (Phi) is 4.63. The van der Waals surface area contributed by atoms with Crippen LogP contribution >= 0.6 is 23.4 Å². The lowest BCUT2D eigenvalue weighted by Gasteiger charge is -2.29. The van der Waals surface area contributed by atoms with Gasteiger partial charge in [-0.2, -0.15) is 0 Å². The zero-order chi connectivity index (χ0) is 14.7. The predicted octanol–water partition coefficient (Wildman–Crippen LogP) is 3.36. The third-order valence-electron chi connectivity index (χ3n) is 3.35. The van der Waals surface area contributed by atoms with Crippen molar-refractivity contribution in [1.82, 2.24) is 9.97 Å². The van der Waals surface area contributed by atoms with E-state index in [-0.39, 0.29) is 0 Å². The number of aromatic nitrogens is 2. The van der Waals surface area contributed by atoms with Crippen LogP contribution in [0.25, 0.3) is 11.4 Å². The minimum Gasteiger partial charge on any atom is -0.378 e. The van der Waals surface area contributed by atoms with Crippen LogP contribution in [0, 0.1) is 0 Å². The van der Waals surface area contributed by atoms with Crippen LogP contribution in [0.3, 0.4) is 0 Å². The van der Waals surface area contributed by atoms with Crippen molar-refractivity contribution in [3.63, 3.8) is 0 Å². The third-order valence-corrected chi connectivity index (χ3v) is 4.52. The van der Waals surface area contributed by atoms with E-state index in [1.165, 1.54) is 0 Å². The molecule has 1 aliphatic heterocycles. The highest BCUT2D eigenvalue weighted by Crippen LogP contribution is 2.34. The maximum Gasteiger partial charge on any atom is 0.163 e. The van der Waals surface area contributed by atoms with Gasteiger partial charge in [-0.15, -0.1) is 11.8 Å². The maximum atomic E-state index is 6.37. The molecule has 21 heavy (non-hydrogen) atoms. The summed E-state index contributed by atoms with van der Waals surface area (Å²) < 4.78 is 5.41. The molecule has 1 aromatic heterocycles. The summed E-state index contributed by atoms with van der Waals surface area (Å²) in [6, 6.07) is 9.91. The highest BCUT2D eigenvalue weighted by molar-refractivity contribution is 7.98. The molecule has 1 aliphatic rings. The fourth-order valence-corrected chi connectivity index (χ4v) is 3.26. The molecule has 2 heterocycles. The largest absolute Gasteiger partial charge is 0.378 e. The number of nitrogens with zero attached hydrogens (tertiary/aromatic N) is 3. The van der Waals surface area contributed by atoms with Gasteiger partial charge >= 0.3 is 0 Å². The van der Waals surface area contributed by atoms with E-state index in [0.29, 0.717) is 11.0 Å². The average molecular weight is 322 g/mol. The topological polar surface area (TPSA) is 38.2 Å². The Morgan fingerprint density at radius 1 is 1.14 bits per heavy atom. The van der Waals surface area contributed by atoms with Gasteiger partial charge in [0, 0.05) is 18.7 Å². The molecule has 0 bridgehead atoms. The smallest absolute Gasteiger partial charge is 0.163 e. The van der Waals surface area contributed by atoms with E-state index >= 15 is 0 Å². The Bertz CT molecular complexity index is 618. The lowest BCUT2D eigenvalue weighted by molar-refractivity contribution is 0.122. The van der Waals surface area contributed by atoms with Crippen molar-refractivity contribution in [3.8, 4) is 11.4 Å². The normalized spacial score (nSPS) is 15.2. The van der Waals surface area contributed by atoms with Crippen molar-refractivity contribution in [2.75, 3.05) is 37.5 Å². The van der Waals surface area contributed by atoms with Crippen molar-refractivity contribution < 1.29 is 4.74 Å². The summed E-state index contributed by atoms with van der Waals surface area (Å²) in [5, 5.41) is 0.512. The molecule has 1 fully saturated rings. The minimum atomic E-state index is 0.512. The molecule has 0 saturated carbocycles. The summed E-state index contributed by atoms with van der Waals surface area (Å²) in [5.41, 5.74) is 0.974. The lowest BCUT2D eigenvalue weighted by atomic mass is 10.2. The number of morpholine rings is 1. The molecule has 0 unspecified atom stereocenters. The number of benzene rings is 1. The Labute approximate surface area is 133 Å². The van der Waals surface area contributed by atoms with Crippen molar-refractivity contribution >= 4 is 29.2 Å². The zero-order valence-corrected chi connectivity index (χ0v) is 13.3. The summed E-state index contributed by atoms with van der Waals surface area (Å²) in [5.74, 6) is 1.57. The number of anilines is 1. The molecular formula is C15H16ClN3OS. The highest BCUT2D eigenvalue weighted by atomic mass is 35.5. The number of thioether (sulfide) groups is 1. The Balaban J connectivity index is 2.06. The first-order valence-electron chi connectivity index (χ1n) is 6.79. The van der Waals surface area contributed by atoms with Crippen molar-refractivity contribution in [2.24, 2.45) is 0 Å². The first-order chi connectivity index (χ1) is 10.3. The second kappa shape index (κ2) is 6.64. The second-order valence-electron chi connectivity index (χ2n) is 4.66. The molecule has 0 spiro atoms. The van der Waals surface area contributed by atoms with Gasteiger partial charge in [0.05, 0.1) is 18.1 Å². The van der Waals surface area contributed by atoms with Gasteiger partial charge in [-0.3, -0.25) is 0 Å². The SMILES string of the molecule is CSc1c(Cl)nc(-c2ccccc2)nc1N1CCOCC1. The molecule has 110 valence electrons. The molecule has 2 aromatic rings. The van der Waals surface area contributed by atoms with Gasteiger partial charge in [0.25, 0.3) is 0 Å². The number of rotatable bonds is 3. The van der Waals surface area contributed by atoms with Crippen LogP contribution in [0.1, 0.15) is 0 Å². The zero-order valence-electron chi connectivity index (χ0n) is 11.8. The summed E-state index contributed by atoms with van der Waals surface area (Å²) in [4.78, 5) is 12.3. The molecular weight excluding hydrogens is 306 g/mol. The number of hydrogen-bond acceptors (Lipinski definition) is 5. The predicted molar refractivity (Wildman–Crippen MR) is 87.3 cm³/mol. The van der Waals surface area contributed by atoms with E-state index in [2.05, 4.69) is 9.88 Å². The highest BCUT2D eigenvalue weighted by Gasteiger charge is 2.20. The van der Waals surface area contributed by atoms with Gasteiger partial charge in [0.15, 0.2) is 5.82 Å². The van der Waals surface area contributed by atoms with Crippen LogP contribution in [0.15, 0.2) is 35.2 Å². The van der Waals surface area contributed by atoms with Gasteiger partial charge < -0.3 is 9.64 Å². The molecule has 0 aliphatic carbocycles. The average Bonchev–Trinajstić information content (AvgIpc) is 2.55. The fraction of sp³-hybridized carbons (Fsp3) is 0.333. The fourth-order valence-electron chi connectivity index (χ4n) is 2.29. The Morgan fingerprint density at radius 3 is 2.52 bits per heavy atom. The molecule has 6 heteroatoms. The molecule has 0 atom stereocenters. The Morgan fingerprint density at radius 2 is 1.86 bits per heavy atom. The lowest BCUT2D eigenvalue weighted by Crippen LogP contribution is -2.37. The third kappa shape index (κ3) is 3.15. The molecule has 1 aromatic carbocycles. The van der Waals surface area contributed by atoms with E-state index in [1.807, 2.05) is 36.6 Å². The molecule has 0 N–H and O–H groups in total. The molecule has 3 rings (SSSR count). The van der Waals surface area contributed by atoms with Crippen LogP contribution in [-0.2, 0) is 4.74 Å². The van der Waals surface area contributed by atoms with Gasteiger partial charge in [0.2, 0.25) is 0 Å². The van der Waals surface area contributed by atoms with Gasteiger partial charge in [-0.1, -0.05) is 41.9 Å². The summed E-state index contributed by atoms with van der Waals surface area (Å²) in [6.07, 6.45) is 2.00. The van der Waals surface area contributed by atoms with Crippen LogP contribution in [0.5, 0.6) is 0 Å².